The number of piperidine rings is 1. The van der Waals surface area contributed by atoms with Crippen LogP contribution < -0.4 is 5.56 Å². The van der Waals surface area contributed by atoms with Crippen LogP contribution in [0.5, 0.6) is 0 Å². The minimum Gasteiger partial charge on any atom is -0.341 e. The molecule has 28 heavy (non-hydrogen) atoms. The Bertz CT molecular complexity index is 975. The fourth-order valence-electron chi connectivity index (χ4n) is 3.68. The van der Waals surface area contributed by atoms with E-state index in [-0.39, 0.29) is 18.0 Å². The van der Waals surface area contributed by atoms with Crippen molar-refractivity contribution >= 4 is 17.2 Å². The number of thiophene rings is 1. The highest BCUT2D eigenvalue weighted by molar-refractivity contribution is 7.13. The summed E-state index contributed by atoms with van der Waals surface area (Å²) in [6, 6.07) is 15.9. The van der Waals surface area contributed by atoms with Gasteiger partial charge in [0.2, 0.25) is 5.91 Å². The van der Waals surface area contributed by atoms with Crippen LogP contribution in [0.2, 0.25) is 0 Å². The lowest BCUT2D eigenvalue weighted by atomic mass is 9.90. The van der Waals surface area contributed by atoms with Gasteiger partial charge in [-0.2, -0.15) is 0 Å². The Labute approximate surface area is 168 Å². The van der Waals surface area contributed by atoms with Crippen molar-refractivity contribution < 1.29 is 4.79 Å². The van der Waals surface area contributed by atoms with Crippen LogP contribution >= 0.6 is 11.3 Å². The molecular formula is C22H23N3O2S. The predicted octanol–water partition coefficient (Wildman–Crippen LogP) is 3.45. The van der Waals surface area contributed by atoms with Crippen molar-refractivity contribution in [2.75, 3.05) is 13.1 Å². The summed E-state index contributed by atoms with van der Waals surface area (Å²) in [5.41, 5.74) is 1.83. The molecule has 2 aromatic heterocycles. The monoisotopic (exact) mass is 393 g/mol. The van der Waals surface area contributed by atoms with Gasteiger partial charge in [0.15, 0.2) is 0 Å². The van der Waals surface area contributed by atoms with Crippen molar-refractivity contribution in [1.29, 1.82) is 0 Å². The number of likely N-dealkylation sites (tertiary alicyclic amines) is 1. The highest BCUT2D eigenvalue weighted by Gasteiger charge is 2.23. The van der Waals surface area contributed by atoms with Gasteiger partial charge in [0.1, 0.15) is 6.54 Å². The van der Waals surface area contributed by atoms with Gasteiger partial charge in [0.05, 0.1) is 16.9 Å². The molecule has 0 spiro atoms. The SMILES string of the molecule is O=C(Cn1cnc(-c2cccs2)cc1=O)N1CCC(Cc2ccccc2)CC1. The highest BCUT2D eigenvalue weighted by Crippen LogP contribution is 2.22. The Hall–Kier alpha value is -2.73. The van der Waals surface area contributed by atoms with Gasteiger partial charge in [-0.25, -0.2) is 4.98 Å². The molecule has 0 bridgehead atoms. The molecule has 0 N–H and O–H groups in total. The largest absolute Gasteiger partial charge is 0.341 e. The van der Waals surface area contributed by atoms with E-state index in [4.69, 9.17) is 0 Å². The summed E-state index contributed by atoms with van der Waals surface area (Å²) in [7, 11) is 0. The lowest BCUT2D eigenvalue weighted by Crippen LogP contribution is -2.41. The fourth-order valence-corrected chi connectivity index (χ4v) is 4.38. The van der Waals surface area contributed by atoms with E-state index >= 15 is 0 Å². The van der Waals surface area contributed by atoms with E-state index in [1.807, 2.05) is 28.5 Å². The van der Waals surface area contributed by atoms with Crippen LogP contribution in [0.3, 0.4) is 0 Å². The van der Waals surface area contributed by atoms with Crippen LogP contribution in [-0.4, -0.2) is 33.4 Å². The summed E-state index contributed by atoms with van der Waals surface area (Å²) in [5.74, 6) is 0.604. The van der Waals surface area contributed by atoms with Crippen molar-refractivity contribution in [1.82, 2.24) is 14.5 Å². The molecule has 1 aliphatic heterocycles. The van der Waals surface area contributed by atoms with Crippen LogP contribution in [0.25, 0.3) is 10.6 Å². The second kappa shape index (κ2) is 8.52. The van der Waals surface area contributed by atoms with Crippen LogP contribution in [0.1, 0.15) is 18.4 Å². The number of carbonyl (C=O) groups is 1. The first-order valence-corrected chi connectivity index (χ1v) is 10.5. The summed E-state index contributed by atoms with van der Waals surface area (Å²) >= 11 is 1.54. The molecule has 3 heterocycles. The molecule has 0 unspecified atom stereocenters. The summed E-state index contributed by atoms with van der Waals surface area (Å²) in [6.07, 6.45) is 4.56. The molecule has 0 saturated carbocycles. The molecule has 0 radical (unpaired) electrons. The highest BCUT2D eigenvalue weighted by atomic mass is 32.1. The molecule has 1 fully saturated rings. The average Bonchev–Trinajstić information content (AvgIpc) is 3.26. The van der Waals surface area contributed by atoms with E-state index in [1.165, 1.54) is 22.5 Å². The third-order valence-corrected chi connectivity index (χ3v) is 6.19. The van der Waals surface area contributed by atoms with Crippen LogP contribution in [0.15, 0.2) is 65.0 Å². The first-order chi connectivity index (χ1) is 13.7. The number of hydrogen-bond donors (Lipinski definition) is 0. The number of benzene rings is 1. The number of amides is 1. The standard InChI is InChI=1S/C22H23N3O2S/c26-21-14-19(20-7-4-12-28-20)23-16-25(21)15-22(27)24-10-8-18(9-11-24)13-17-5-2-1-3-6-17/h1-7,12,14,16,18H,8-11,13,15H2. The smallest absolute Gasteiger partial charge is 0.254 e. The quantitative estimate of drug-likeness (QED) is 0.667. The van der Waals surface area contributed by atoms with Gasteiger partial charge in [-0.15, -0.1) is 11.3 Å². The zero-order valence-corrected chi connectivity index (χ0v) is 16.5. The molecule has 3 aromatic rings. The third-order valence-electron chi connectivity index (χ3n) is 5.29. The molecule has 0 aliphatic carbocycles. The average molecular weight is 394 g/mol. The lowest BCUT2D eigenvalue weighted by Gasteiger charge is -2.32. The minimum absolute atomic E-state index is 0.00839. The van der Waals surface area contributed by atoms with Crippen molar-refractivity contribution in [2.24, 2.45) is 5.92 Å². The maximum Gasteiger partial charge on any atom is 0.254 e. The molecule has 0 atom stereocenters. The summed E-state index contributed by atoms with van der Waals surface area (Å²) in [4.78, 5) is 32.2. The Morgan fingerprint density at radius 2 is 1.89 bits per heavy atom. The molecule has 1 saturated heterocycles. The first-order valence-electron chi connectivity index (χ1n) is 9.61. The van der Waals surface area contributed by atoms with Gasteiger partial charge in [-0.05, 0) is 42.2 Å². The number of hydrogen-bond acceptors (Lipinski definition) is 4. The zero-order chi connectivity index (χ0) is 19.3. The van der Waals surface area contributed by atoms with Crippen LogP contribution in [0, 0.1) is 5.92 Å². The summed E-state index contributed by atoms with van der Waals surface area (Å²) in [6.45, 7) is 1.57. The van der Waals surface area contributed by atoms with Gasteiger partial charge in [-0.3, -0.25) is 14.2 Å². The summed E-state index contributed by atoms with van der Waals surface area (Å²) in [5, 5.41) is 1.95. The topological polar surface area (TPSA) is 55.2 Å². The Morgan fingerprint density at radius 3 is 2.57 bits per heavy atom. The van der Waals surface area contributed by atoms with E-state index in [1.54, 1.807) is 11.3 Å². The van der Waals surface area contributed by atoms with Gasteiger partial charge in [-0.1, -0.05) is 36.4 Å². The first kappa shape index (κ1) is 18.6. The van der Waals surface area contributed by atoms with Gasteiger partial charge in [0.25, 0.3) is 5.56 Å². The zero-order valence-electron chi connectivity index (χ0n) is 15.7. The van der Waals surface area contributed by atoms with Gasteiger partial charge in [0, 0.05) is 19.2 Å². The number of rotatable bonds is 5. The van der Waals surface area contributed by atoms with Crippen LogP contribution in [0.4, 0.5) is 0 Å². The molecular weight excluding hydrogens is 370 g/mol. The maximum absolute atomic E-state index is 12.6. The number of nitrogens with zero attached hydrogens (tertiary/aromatic N) is 3. The predicted molar refractivity (Wildman–Crippen MR) is 111 cm³/mol. The van der Waals surface area contributed by atoms with E-state index in [9.17, 15) is 9.59 Å². The van der Waals surface area contributed by atoms with E-state index in [2.05, 4.69) is 29.2 Å². The van der Waals surface area contributed by atoms with Gasteiger partial charge < -0.3 is 4.90 Å². The number of aromatic nitrogens is 2. The normalized spacial score (nSPS) is 14.9. The van der Waals surface area contributed by atoms with Crippen molar-refractivity contribution in [2.45, 2.75) is 25.8 Å². The van der Waals surface area contributed by atoms with Crippen molar-refractivity contribution in [3.8, 4) is 10.6 Å². The lowest BCUT2D eigenvalue weighted by molar-refractivity contribution is -0.133. The van der Waals surface area contributed by atoms with E-state index < -0.39 is 0 Å². The Balaban J connectivity index is 1.33. The second-order valence-corrected chi connectivity index (χ2v) is 8.18. The number of carbonyl (C=O) groups excluding carboxylic acids is 1. The molecule has 5 nitrogen and oxygen atoms in total. The molecule has 1 aromatic carbocycles. The second-order valence-electron chi connectivity index (χ2n) is 7.23. The minimum atomic E-state index is -0.189. The third kappa shape index (κ3) is 4.39. The van der Waals surface area contributed by atoms with E-state index in [0.29, 0.717) is 11.6 Å². The molecule has 1 aliphatic rings. The Morgan fingerprint density at radius 1 is 1.11 bits per heavy atom. The van der Waals surface area contributed by atoms with Crippen molar-refractivity contribution in [3.63, 3.8) is 0 Å². The fraction of sp³-hybridized carbons (Fsp3) is 0.318. The Kier molecular flexibility index (Phi) is 5.67. The van der Waals surface area contributed by atoms with Gasteiger partial charge >= 0.3 is 0 Å². The maximum atomic E-state index is 12.6. The molecule has 4 rings (SSSR count). The van der Waals surface area contributed by atoms with Crippen molar-refractivity contribution in [3.05, 3.63) is 76.2 Å². The van der Waals surface area contributed by atoms with Crippen LogP contribution in [-0.2, 0) is 17.8 Å². The van der Waals surface area contributed by atoms with E-state index in [0.717, 1.165) is 37.2 Å². The molecule has 1 amide bonds. The molecule has 144 valence electrons. The summed E-state index contributed by atoms with van der Waals surface area (Å²) < 4.78 is 1.40. The molecule has 6 heteroatoms.